The van der Waals surface area contributed by atoms with E-state index in [4.69, 9.17) is 4.74 Å². The monoisotopic (exact) mass is 435 g/mol. The Balaban J connectivity index is 1.46. The maximum atomic E-state index is 12.9. The molecule has 2 saturated heterocycles. The maximum Gasteiger partial charge on any atom is 0.314 e. The van der Waals surface area contributed by atoms with Crippen molar-refractivity contribution in [1.29, 1.82) is 0 Å². The van der Waals surface area contributed by atoms with Gasteiger partial charge in [-0.3, -0.25) is 14.4 Å². The van der Waals surface area contributed by atoms with E-state index in [-0.39, 0.29) is 12.5 Å². The Morgan fingerprint density at radius 3 is 2.79 bits per heavy atom. The lowest BCUT2D eigenvalue weighted by atomic mass is 9.76. The summed E-state index contributed by atoms with van der Waals surface area (Å²) in [6.45, 7) is 2.56. The van der Waals surface area contributed by atoms with Gasteiger partial charge in [0.2, 0.25) is 5.91 Å². The van der Waals surface area contributed by atoms with Crippen LogP contribution in [-0.4, -0.2) is 64.1 Å². The molecule has 154 valence electrons. The SMILES string of the molecule is CCOC(=O)[C@@H]1[C@@H](O)C(=O)NC12CCN(C(=O)c1csc(-c3cccs3)n1)CC2. The fraction of sp³-hybridized carbons (Fsp3) is 0.474. The van der Waals surface area contributed by atoms with Gasteiger partial charge in [0.25, 0.3) is 5.91 Å². The second kappa shape index (κ2) is 7.85. The first kappa shape index (κ1) is 20.0. The molecular formula is C19H21N3O5S2. The zero-order chi connectivity index (χ0) is 20.6. The predicted octanol–water partition coefficient (Wildman–Crippen LogP) is 1.52. The van der Waals surface area contributed by atoms with E-state index in [2.05, 4.69) is 10.3 Å². The second-order valence-electron chi connectivity index (χ2n) is 7.13. The van der Waals surface area contributed by atoms with Crippen LogP contribution < -0.4 is 5.32 Å². The molecule has 0 unspecified atom stereocenters. The van der Waals surface area contributed by atoms with Gasteiger partial charge in [-0.25, -0.2) is 4.98 Å². The molecule has 4 heterocycles. The number of hydrogen-bond donors (Lipinski definition) is 2. The molecule has 0 bridgehead atoms. The summed E-state index contributed by atoms with van der Waals surface area (Å²) in [5.74, 6) is -2.28. The quantitative estimate of drug-likeness (QED) is 0.705. The zero-order valence-corrected chi connectivity index (χ0v) is 17.4. The highest BCUT2D eigenvalue weighted by Gasteiger charge is 2.57. The number of likely N-dealkylation sites (tertiary alicyclic amines) is 1. The van der Waals surface area contributed by atoms with Crippen molar-refractivity contribution in [3.8, 4) is 9.88 Å². The number of esters is 1. The molecule has 8 nitrogen and oxygen atoms in total. The van der Waals surface area contributed by atoms with E-state index in [1.807, 2.05) is 17.5 Å². The third-order valence-electron chi connectivity index (χ3n) is 5.49. The summed E-state index contributed by atoms with van der Waals surface area (Å²) in [5, 5.41) is 17.5. The number of rotatable bonds is 4. The van der Waals surface area contributed by atoms with Gasteiger partial charge in [-0.05, 0) is 31.2 Å². The van der Waals surface area contributed by atoms with Gasteiger partial charge in [0.15, 0.2) is 0 Å². The van der Waals surface area contributed by atoms with Crippen molar-refractivity contribution in [1.82, 2.24) is 15.2 Å². The lowest BCUT2D eigenvalue weighted by Crippen LogP contribution is -2.57. The molecule has 2 N–H and O–H groups in total. The van der Waals surface area contributed by atoms with Crippen LogP contribution in [-0.2, 0) is 14.3 Å². The number of carbonyl (C=O) groups excluding carboxylic acids is 3. The van der Waals surface area contributed by atoms with Gasteiger partial charge in [0.05, 0.1) is 17.0 Å². The normalized spacial score (nSPS) is 23.2. The third-order valence-corrected chi connectivity index (χ3v) is 7.37. The molecule has 2 aromatic heterocycles. The predicted molar refractivity (Wildman–Crippen MR) is 108 cm³/mol. The minimum atomic E-state index is -1.43. The van der Waals surface area contributed by atoms with Gasteiger partial charge in [-0.1, -0.05) is 6.07 Å². The molecule has 0 radical (unpaired) electrons. The van der Waals surface area contributed by atoms with E-state index in [0.717, 1.165) is 9.88 Å². The van der Waals surface area contributed by atoms with Gasteiger partial charge in [-0.15, -0.1) is 22.7 Å². The van der Waals surface area contributed by atoms with E-state index in [9.17, 15) is 19.5 Å². The Morgan fingerprint density at radius 2 is 2.14 bits per heavy atom. The van der Waals surface area contributed by atoms with Crippen LogP contribution in [0.25, 0.3) is 9.88 Å². The summed E-state index contributed by atoms with van der Waals surface area (Å²) in [7, 11) is 0. The highest BCUT2D eigenvalue weighted by molar-refractivity contribution is 7.20. The van der Waals surface area contributed by atoms with Crippen LogP contribution in [0.2, 0.25) is 0 Å². The van der Waals surface area contributed by atoms with E-state index in [1.54, 1.807) is 28.5 Å². The summed E-state index contributed by atoms with van der Waals surface area (Å²) in [6.07, 6.45) is -0.692. The Labute approximate surface area is 175 Å². The first-order valence-corrected chi connectivity index (χ1v) is 11.2. The number of aromatic nitrogens is 1. The number of nitrogens with zero attached hydrogens (tertiary/aromatic N) is 2. The number of ether oxygens (including phenoxy) is 1. The standard InChI is InChI=1S/C19H21N3O5S2/c1-2-27-18(26)13-14(23)15(24)21-19(13)5-7-22(8-6-19)17(25)11-10-29-16(20-11)12-4-3-9-28-12/h3-4,9-10,13-14,23H,2,5-8H2,1H3,(H,21,24)/t13-,14+/m0/s1. The van der Waals surface area contributed by atoms with E-state index < -0.39 is 29.4 Å². The van der Waals surface area contributed by atoms with E-state index in [0.29, 0.717) is 31.6 Å². The van der Waals surface area contributed by atoms with Crippen LogP contribution in [0.3, 0.4) is 0 Å². The molecule has 4 rings (SSSR count). The number of nitrogens with one attached hydrogen (secondary N) is 1. The third kappa shape index (κ3) is 3.56. The molecule has 2 atom stereocenters. The first-order chi connectivity index (χ1) is 13.9. The molecule has 1 spiro atoms. The lowest BCUT2D eigenvalue weighted by Gasteiger charge is -2.41. The van der Waals surface area contributed by atoms with E-state index >= 15 is 0 Å². The van der Waals surface area contributed by atoms with Crippen LogP contribution in [0.1, 0.15) is 30.3 Å². The van der Waals surface area contributed by atoms with Crippen molar-refractivity contribution in [2.45, 2.75) is 31.4 Å². The zero-order valence-electron chi connectivity index (χ0n) is 15.8. The molecule has 10 heteroatoms. The molecular weight excluding hydrogens is 414 g/mol. The Kier molecular flexibility index (Phi) is 5.41. The Bertz CT molecular complexity index is 918. The van der Waals surface area contributed by atoms with Crippen LogP contribution in [0.15, 0.2) is 22.9 Å². The number of aliphatic hydroxyl groups is 1. The average Bonchev–Trinajstić information content (AvgIpc) is 3.43. The number of piperidine rings is 1. The van der Waals surface area contributed by atoms with Crippen molar-refractivity contribution in [2.75, 3.05) is 19.7 Å². The number of carbonyl (C=O) groups is 3. The molecule has 2 aromatic rings. The summed E-state index contributed by atoms with van der Waals surface area (Å²) < 4.78 is 5.07. The molecule has 0 aromatic carbocycles. The smallest absolute Gasteiger partial charge is 0.314 e. The number of thiophene rings is 1. The van der Waals surface area contributed by atoms with Crippen molar-refractivity contribution in [3.63, 3.8) is 0 Å². The summed E-state index contributed by atoms with van der Waals surface area (Å²) >= 11 is 3.00. The number of aliphatic hydroxyl groups excluding tert-OH is 1. The fourth-order valence-electron chi connectivity index (χ4n) is 4.03. The number of hydrogen-bond acceptors (Lipinski definition) is 8. The molecule has 0 saturated carbocycles. The van der Waals surface area contributed by atoms with Crippen molar-refractivity contribution >= 4 is 40.5 Å². The molecule has 2 aliphatic heterocycles. The van der Waals surface area contributed by atoms with Gasteiger partial charge in [0.1, 0.15) is 22.7 Å². The topological polar surface area (TPSA) is 109 Å². The summed E-state index contributed by atoms with van der Waals surface area (Å²) in [4.78, 5) is 44.5. The van der Waals surface area contributed by atoms with Crippen molar-refractivity contribution in [3.05, 3.63) is 28.6 Å². The minimum absolute atomic E-state index is 0.170. The number of thiazole rings is 1. The van der Waals surface area contributed by atoms with Gasteiger partial charge >= 0.3 is 5.97 Å². The second-order valence-corrected chi connectivity index (χ2v) is 8.93. The molecule has 0 aliphatic carbocycles. The molecule has 29 heavy (non-hydrogen) atoms. The van der Waals surface area contributed by atoms with Crippen LogP contribution >= 0.6 is 22.7 Å². The van der Waals surface area contributed by atoms with E-state index in [1.165, 1.54) is 11.3 Å². The van der Waals surface area contributed by atoms with Gasteiger partial charge in [-0.2, -0.15) is 0 Å². The lowest BCUT2D eigenvalue weighted by molar-refractivity contribution is -0.155. The maximum absolute atomic E-state index is 12.9. The Morgan fingerprint density at radius 1 is 1.38 bits per heavy atom. The largest absolute Gasteiger partial charge is 0.466 e. The summed E-state index contributed by atoms with van der Waals surface area (Å²) in [5.41, 5.74) is -0.490. The van der Waals surface area contributed by atoms with Crippen molar-refractivity contribution in [2.24, 2.45) is 5.92 Å². The molecule has 2 amide bonds. The summed E-state index contributed by atoms with van der Waals surface area (Å²) in [6, 6.07) is 3.91. The fourth-order valence-corrected chi connectivity index (χ4v) is 5.64. The average molecular weight is 436 g/mol. The van der Waals surface area contributed by atoms with Gasteiger partial charge in [0, 0.05) is 18.5 Å². The van der Waals surface area contributed by atoms with Crippen LogP contribution in [0.4, 0.5) is 0 Å². The first-order valence-electron chi connectivity index (χ1n) is 9.40. The number of amides is 2. The van der Waals surface area contributed by atoms with Gasteiger partial charge < -0.3 is 20.1 Å². The van der Waals surface area contributed by atoms with Crippen LogP contribution in [0, 0.1) is 5.92 Å². The van der Waals surface area contributed by atoms with Crippen LogP contribution in [0.5, 0.6) is 0 Å². The minimum Gasteiger partial charge on any atom is -0.466 e. The van der Waals surface area contributed by atoms with Crippen molar-refractivity contribution < 1.29 is 24.2 Å². The Hall–Kier alpha value is -2.30. The molecule has 2 aliphatic rings. The highest BCUT2D eigenvalue weighted by atomic mass is 32.1. The highest BCUT2D eigenvalue weighted by Crippen LogP contribution is 2.38. The molecule has 2 fully saturated rings.